The molecule has 9 nitrogen and oxygen atoms in total. The maximum absolute atomic E-state index is 4.60. The molecule has 133 heavy (non-hydrogen) atoms. The minimum absolute atomic E-state index is 1.01. The molecule has 0 fully saturated rings. The van der Waals surface area contributed by atoms with E-state index in [1.807, 2.05) is 293 Å². The van der Waals surface area contributed by atoms with E-state index in [0.717, 1.165) is 76.9 Å². The van der Waals surface area contributed by atoms with Gasteiger partial charge in [-0.25, -0.2) is 0 Å². The molecule has 700 valence electrons. The van der Waals surface area contributed by atoms with Crippen LogP contribution in [0.1, 0.15) is 233 Å². The summed E-state index contributed by atoms with van der Waals surface area (Å²) in [6.45, 7) is 70.7. The van der Waals surface area contributed by atoms with Gasteiger partial charge in [-0.05, 0) is 182 Å². The molecule has 0 N–H and O–H groups in total. The molecule has 0 bridgehead atoms. The molecule has 0 radical (unpaired) electrons. The highest BCUT2D eigenvalue weighted by Gasteiger charge is 2.09. The van der Waals surface area contributed by atoms with Crippen molar-refractivity contribution in [2.45, 2.75) is 242 Å². The molecule has 0 saturated carbocycles. The number of hydrogen-bond acceptors (Lipinski definition) is 9. The number of pyridine rings is 9. The van der Waals surface area contributed by atoms with E-state index in [0.29, 0.717) is 0 Å². The molecular weight excluding hydrogens is 1620 g/mol. The molecule has 0 aliphatic carbocycles. The Morgan fingerprint density at radius 3 is 1.01 bits per heavy atom. The van der Waals surface area contributed by atoms with Crippen molar-refractivity contribution in [3.05, 3.63) is 368 Å². The summed E-state index contributed by atoms with van der Waals surface area (Å²) in [6, 6.07) is 96.3. The number of rotatable bonds is 0. The topological polar surface area (TPSA) is 116 Å². The Bertz CT molecular complexity index is 6340. The van der Waals surface area contributed by atoms with Crippen molar-refractivity contribution in [2.24, 2.45) is 0 Å². The number of aromatic nitrogens is 9. The van der Waals surface area contributed by atoms with Gasteiger partial charge in [0.15, 0.2) is 0 Å². The standard InChI is InChI=1S/5C14H11N.2C13H10N2.14C2H6/c1-10-9-11-5-4-8-15-14(11)13-7-3-2-6-12(10)13;1-10-9-11-5-2-3-6-13(11)14-12(10)7-4-8-15-14;1-10-8-12-7-6-11-4-2-3-5-13(11)14(12)15-9-10;1-10-8-9-15-14-12(10)7-6-11-4-2-3-5-13(11)14;1-10-6-7-12-9-8-11-4-2-3-5-13(11)14(12)15-10;1-9-4-5-12-11(7-9)13-10(8-15-12)3-2-6-14-13;1-9-4-5-11-12(7-9)15-8-10-3-2-6-14-13(10)11;14*1-2/h5*2-9H,1H3;2*2-8H,1H3;14*1-2H3. The van der Waals surface area contributed by atoms with Crippen LogP contribution >= 0.6 is 0 Å². The smallest absolute Gasteiger partial charge is 0.0811 e. The summed E-state index contributed by atoms with van der Waals surface area (Å²) in [4.78, 5) is 40.2. The third-order valence-corrected chi connectivity index (χ3v) is 19.1. The lowest BCUT2D eigenvalue weighted by Gasteiger charge is -2.05. The first-order valence-corrected chi connectivity index (χ1v) is 49.3. The molecule has 9 aromatic heterocycles. The lowest BCUT2D eigenvalue weighted by Crippen LogP contribution is -1.85. The Kier molecular flexibility index (Phi) is 60.7. The highest BCUT2D eigenvalue weighted by atomic mass is 14.7. The molecule has 0 saturated heterocycles. The predicted octanol–water partition coefficient (Wildman–Crippen LogP) is 39.0. The molecule has 21 aromatic rings. The number of hydrogen-bond donors (Lipinski definition) is 0. The Labute approximate surface area is 801 Å². The molecule has 0 atom stereocenters. The fourth-order valence-electron chi connectivity index (χ4n) is 13.8. The summed E-state index contributed by atoms with van der Waals surface area (Å²) < 4.78 is 0. The zero-order chi connectivity index (χ0) is 99.8. The molecule has 12 aromatic carbocycles. The Morgan fingerprint density at radius 1 is 0.150 bits per heavy atom. The van der Waals surface area contributed by atoms with Gasteiger partial charge in [0, 0.05) is 131 Å². The highest BCUT2D eigenvalue weighted by Crippen LogP contribution is 2.32. The van der Waals surface area contributed by atoms with Gasteiger partial charge in [-0.2, -0.15) is 0 Å². The van der Waals surface area contributed by atoms with Crippen LogP contribution in [0.2, 0.25) is 0 Å². The first-order chi connectivity index (χ1) is 65.5. The fraction of sp³-hybridized carbons (Fsp3) is 0.282. The zero-order valence-electron chi connectivity index (χ0n) is 87.7. The third kappa shape index (κ3) is 33.2. The summed E-state index contributed by atoms with van der Waals surface area (Å²) >= 11 is 0. The van der Waals surface area contributed by atoms with Crippen molar-refractivity contribution in [3.63, 3.8) is 0 Å². The summed E-state index contributed by atoms with van der Waals surface area (Å²) in [5, 5.41) is 23.1. The van der Waals surface area contributed by atoms with Gasteiger partial charge in [0.25, 0.3) is 0 Å². The van der Waals surface area contributed by atoms with E-state index in [1.165, 1.54) is 114 Å². The minimum atomic E-state index is 1.01. The molecule has 0 aliphatic rings. The zero-order valence-corrected chi connectivity index (χ0v) is 87.7. The molecule has 21 rings (SSSR count). The fourth-order valence-corrected chi connectivity index (χ4v) is 13.8. The van der Waals surface area contributed by atoms with E-state index in [1.54, 1.807) is 0 Å². The monoisotopic (exact) mass is 1770 g/mol. The summed E-state index contributed by atoms with van der Waals surface area (Å²) in [5.41, 5.74) is 18.2. The average molecular weight is 1780 g/mol. The average Bonchev–Trinajstić information content (AvgIpc) is 0.807. The Morgan fingerprint density at radius 2 is 0.474 bits per heavy atom. The lowest BCUT2D eigenvalue weighted by molar-refractivity contribution is 1.26. The van der Waals surface area contributed by atoms with Gasteiger partial charge in [-0.3, -0.25) is 44.9 Å². The van der Waals surface area contributed by atoms with Gasteiger partial charge in [0.1, 0.15) is 0 Å². The van der Waals surface area contributed by atoms with Crippen LogP contribution in [0.4, 0.5) is 0 Å². The van der Waals surface area contributed by atoms with E-state index < -0.39 is 0 Å². The van der Waals surface area contributed by atoms with Crippen molar-refractivity contribution < 1.29 is 0 Å². The van der Waals surface area contributed by atoms with Gasteiger partial charge in [0.05, 0.1) is 49.7 Å². The highest BCUT2D eigenvalue weighted by molar-refractivity contribution is 6.10. The molecule has 9 heterocycles. The first kappa shape index (κ1) is 118. The Hall–Kier alpha value is -13.4. The van der Waals surface area contributed by atoms with Gasteiger partial charge in [-0.1, -0.05) is 400 Å². The molecular formula is C124H159N9. The van der Waals surface area contributed by atoms with E-state index in [4.69, 9.17) is 0 Å². The summed E-state index contributed by atoms with van der Waals surface area (Å²) in [7, 11) is 0. The normalized spacial score (nSPS) is 9.32. The first-order valence-electron chi connectivity index (χ1n) is 49.3. The molecule has 0 spiro atoms. The molecule has 0 aliphatic heterocycles. The SMILES string of the molecule is CC.CC.CC.CC.CC.CC.CC.CC.CC.CC.CC.CC.CC.CC.Cc1cc2ccccc2c2ncccc12.Cc1cc2cccnc2c2ccccc12.Cc1ccc2c(c1)ncc1cccnc12.Cc1ccc2ccc3ccccc3c2n1.Cc1ccc2ncc3cccnc3c2c1.Cc1ccnc2c1ccc1ccccc12.Cc1cnc2c(ccc3ccccc32)c1. The maximum Gasteiger partial charge on any atom is 0.0811 e. The summed E-state index contributed by atoms with van der Waals surface area (Å²) in [6.07, 6.45) is 14.9. The van der Waals surface area contributed by atoms with Gasteiger partial charge in [-0.15, -0.1) is 0 Å². The largest absolute Gasteiger partial charge is 0.256 e. The number of benzene rings is 12. The summed E-state index contributed by atoms with van der Waals surface area (Å²) in [5.74, 6) is 0. The molecule has 0 unspecified atom stereocenters. The van der Waals surface area contributed by atoms with Crippen LogP contribution in [-0.2, 0) is 0 Å². The predicted molar refractivity (Wildman–Crippen MR) is 602 cm³/mol. The Balaban J connectivity index is 0.000000742. The van der Waals surface area contributed by atoms with Crippen LogP contribution < -0.4 is 0 Å². The van der Waals surface area contributed by atoms with Crippen molar-refractivity contribution in [1.82, 2.24) is 44.9 Å². The van der Waals surface area contributed by atoms with Gasteiger partial charge < -0.3 is 0 Å². The van der Waals surface area contributed by atoms with Crippen molar-refractivity contribution in [2.75, 3.05) is 0 Å². The second-order valence-corrected chi connectivity index (χ2v) is 26.6. The molecule has 0 amide bonds. The van der Waals surface area contributed by atoms with Crippen LogP contribution in [0.3, 0.4) is 0 Å². The third-order valence-electron chi connectivity index (χ3n) is 19.1. The van der Waals surface area contributed by atoms with E-state index in [9.17, 15) is 0 Å². The van der Waals surface area contributed by atoms with E-state index in [-0.39, 0.29) is 0 Å². The van der Waals surface area contributed by atoms with Crippen LogP contribution in [-0.4, -0.2) is 44.9 Å². The minimum Gasteiger partial charge on any atom is -0.256 e. The van der Waals surface area contributed by atoms with Gasteiger partial charge >= 0.3 is 0 Å². The van der Waals surface area contributed by atoms with Crippen molar-refractivity contribution in [3.8, 4) is 0 Å². The van der Waals surface area contributed by atoms with Crippen LogP contribution in [0.15, 0.2) is 329 Å². The van der Waals surface area contributed by atoms with E-state index >= 15 is 0 Å². The lowest BCUT2D eigenvalue weighted by atomic mass is 10.0. The maximum atomic E-state index is 4.60. The van der Waals surface area contributed by atoms with Crippen molar-refractivity contribution >= 4 is 152 Å². The van der Waals surface area contributed by atoms with Crippen LogP contribution in [0.5, 0.6) is 0 Å². The molecule has 9 heteroatoms. The quantitative estimate of drug-likeness (QED) is 0.137. The van der Waals surface area contributed by atoms with Gasteiger partial charge in [0.2, 0.25) is 0 Å². The number of aryl methyl sites for hydroxylation is 7. The number of nitrogens with zero attached hydrogens (tertiary/aromatic N) is 9. The van der Waals surface area contributed by atoms with E-state index in [2.05, 4.69) is 323 Å². The second-order valence-electron chi connectivity index (χ2n) is 26.6. The second kappa shape index (κ2) is 68.7. The van der Waals surface area contributed by atoms with Crippen LogP contribution in [0.25, 0.3) is 152 Å². The number of fused-ring (bicyclic) bond motifs is 21. The van der Waals surface area contributed by atoms with Crippen molar-refractivity contribution in [1.29, 1.82) is 0 Å². The van der Waals surface area contributed by atoms with Crippen LogP contribution in [0, 0.1) is 48.5 Å².